The summed E-state index contributed by atoms with van der Waals surface area (Å²) in [7, 11) is 1.55. The summed E-state index contributed by atoms with van der Waals surface area (Å²) in [6.45, 7) is 0.0544. The summed E-state index contributed by atoms with van der Waals surface area (Å²) in [5.41, 5.74) is 0.649. The summed E-state index contributed by atoms with van der Waals surface area (Å²) in [6, 6.07) is 12.0. The average molecular weight is 446 g/mol. The highest BCUT2D eigenvalue weighted by atomic mass is 35.5. The molecule has 0 spiro atoms. The van der Waals surface area contributed by atoms with Crippen molar-refractivity contribution < 1.29 is 22.6 Å². The maximum Gasteiger partial charge on any atom is 0.416 e. The van der Waals surface area contributed by atoms with E-state index in [1.165, 1.54) is 12.3 Å². The fraction of sp³-hybridized carbons (Fsp3) is 0.136. The zero-order valence-electron chi connectivity index (χ0n) is 16.2. The van der Waals surface area contributed by atoms with Gasteiger partial charge >= 0.3 is 6.18 Å². The molecule has 0 radical (unpaired) electrons. The van der Waals surface area contributed by atoms with Gasteiger partial charge in [-0.3, -0.25) is 4.98 Å². The molecule has 0 N–H and O–H groups in total. The van der Waals surface area contributed by atoms with Crippen LogP contribution >= 0.6 is 11.6 Å². The van der Waals surface area contributed by atoms with Crippen molar-refractivity contribution in [1.82, 2.24) is 15.2 Å². The molecule has 4 rings (SSSR count). The number of benzene rings is 2. The van der Waals surface area contributed by atoms with Crippen molar-refractivity contribution in [2.45, 2.75) is 12.8 Å². The summed E-state index contributed by atoms with van der Waals surface area (Å²) in [4.78, 5) is 4.02. The van der Waals surface area contributed by atoms with E-state index in [9.17, 15) is 13.2 Å². The molecule has 4 aromatic rings. The van der Waals surface area contributed by atoms with Crippen molar-refractivity contribution >= 4 is 22.4 Å². The third-order valence-electron chi connectivity index (χ3n) is 4.65. The lowest BCUT2D eigenvalue weighted by Gasteiger charge is -2.15. The Kier molecular flexibility index (Phi) is 5.65. The van der Waals surface area contributed by atoms with Crippen molar-refractivity contribution in [1.29, 1.82) is 0 Å². The summed E-state index contributed by atoms with van der Waals surface area (Å²) in [5.74, 6) is 0.695. The number of aromatic nitrogens is 3. The van der Waals surface area contributed by atoms with Crippen LogP contribution in [0.1, 0.15) is 11.1 Å². The number of ether oxygens (including phenoxy) is 2. The Labute approximate surface area is 180 Å². The van der Waals surface area contributed by atoms with Crippen LogP contribution < -0.4 is 9.47 Å². The molecule has 9 heteroatoms. The number of hydrogen-bond acceptors (Lipinski definition) is 5. The van der Waals surface area contributed by atoms with Crippen LogP contribution in [-0.4, -0.2) is 22.3 Å². The Bertz CT molecular complexity index is 1230. The zero-order chi connectivity index (χ0) is 22.0. The quantitative estimate of drug-likeness (QED) is 0.380. The van der Waals surface area contributed by atoms with Crippen LogP contribution in [0.2, 0.25) is 5.15 Å². The largest absolute Gasteiger partial charge is 0.497 e. The lowest BCUT2D eigenvalue weighted by molar-refractivity contribution is -0.137. The Hall–Kier alpha value is -3.39. The molecule has 0 unspecified atom stereocenters. The summed E-state index contributed by atoms with van der Waals surface area (Å²) in [5, 5.41) is 9.33. The molecule has 0 atom stereocenters. The molecule has 31 heavy (non-hydrogen) atoms. The van der Waals surface area contributed by atoms with E-state index in [0.717, 1.165) is 17.7 Å². The molecule has 2 aromatic carbocycles. The van der Waals surface area contributed by atoms with Crippen LogP contribution in [0.15, 0.2) is 60.9 Å². The molecular weight excluding hydrogens is 431 g/mol. The first kappa shape index (κ1) is 20.9. The number of alkyl halides is 3. The maximum absolute atomic E-state index is 13.3. The third-order valence-corrected chi connectivity index (χ3v) is 4.93. The van der Waals surface area contributed by atoms with E-state index in [0.29, 0.717) is 27.8 Å². The smallest absolute Gasteiger partial charge is 0.416 e. The standard InChI is InChI=1S/C22H15ClF3N3O2/c1-30-15-5-2-13(3-6-15)12-31-19-10-14(22(24,25)26)4-7-17(19)20-16-8-9-27-11-18(16)21(23)29-28-20/h2-11H,12H2,1H3. The minimum atomic E-state index is -4.52. The Balaban J connectivity index is 1.78. The number of halogens is 4. The molecule has 0 bridgehead atoms. The molecule has 2 heterocycles. The first-order valence-corrected chi connectivity index (χ1v) is 9.48. The highest BCUT2D eigenvalue weighted by Gasteiger charge is 2.31. The molecule has 0 aliphatic rings. The van der Waals surface area contributed by atoms with Gasteiger partial charge < -0.3 is 9.47 Å². The van der Waals surface area contributed by atoms with Crippen LogP contribution in [0.4, 0.5) is 13.2 Å². The van der Waals surface area contributed by atoms with Gasteiger partial charge in [-0.25, -0.2) is 0 Å². The monoisotopic (exact) mass is 445 g/mol. The Morgan fingerprint density at radius 2 is 1.74 bits per heavy atom. The molecule has 0 saturated carbocycles. The van der Waals surface area contributed by atoms with Gasteiger partial charge in [-0.05, 0) is 42.0 Å². The zero-order valence-corrected chi connectivity index (χ0v) is 16.9. The highest BCUT2D eigenvalue weighted by molar-refractivity contribution is 6.34. The van der Waals surface area contributed by atoms with Gasteiger partial charge in [0.15, 0.2) is 5.15 Å². The molecule has 5 nitrogen and oxygen atoms in total. The first-order valence-electron chi connectivity index (χ1n) is 9.10. The molecule has 0 aliphatic heterocycles. The second-order valence-electron chi connectivity index (χ2n) is 6.61. The van der Waals surface area contributed by atoms with Crippen molar-refractivity contribution in [3.05, 3.63) is 77.2 Å². The minimum Gasteiger partial charge on any atom is -0.497 e. The van der Waals surface area contributed by atoms with Crippen LogP contribution in [0.25, 0.3) is 22.0 Å². The number of pyridine rings is 1. The lowest BCUT2D eigenvalue weighted by atomic mass is 10.0. The predicted molar refractivity (Wildman–Crippen MR) is 110 cm³/mol. The minimum absolute atomic E-state index is 0.0281. The van der Waals surface area contributed by atoms with Gasteiger partial charge in [0.05, 0.1) is 12.7 Å². The topological polar surface area (TPSA) is 57.1 Å². The van der Waals surface area contributed by atoms with Gasteiger partial charge in [0.25, 0.3) is 0 Å². The van der Waals surface area contributed by atoms with Gasteiger partial charge in [-0.15, -0.1) is 10.2 Å². The molecule has 0 aliphatic carbocycles. The molecular formula is C22H15ClF3N3O2. The van der Waals surface area contributed by atoms with E-state index in [1.54, 1.807) is 43.6 Å². The fourth-order valence-corrected chi connectivity index (χ4v) is 3.25. The predicted octanol–water partition coefficient (Wildman–Crippen LogP) is 5.95. The third kappa shape index (κ3) is 4.39. The fourth-order valence-electron chi connectivity index (χ4n) is 3.06. The van der Waals surface area contributed by atoms with Crippen molar-refractivity contribution in [2.75, 3.05) is 7.11 Å². The summed E-state index contributed by atoms with van der Waals surface area (Å²) >= 11 is 6.10. The van der Waals surface area contributed by atoms with Crippen LogP contribution in [0, 0.1) is 0 Å². The van der Waals surface area contributed by atoms with Crippen molar-refractivity contribution in [2.24, 2.45) is 0 Å². The van der Waals surface area contributed by atoms with Crippen molar-refractivity contribution in [3.63, 3.8) is 0 Å². The SMILES string of the molecule is COc1ccc(COc2cc(C(F)(F)F)ccc2-c2nnc(Cl)c3cnccc23)cc1. The number of nitrogens with zero attached hydrogens (tertiary/aromatic N) is 3. The van der Waals surface area contributed by atoms with E-state index in [1.807, 2.05) is 0 Å². The second-order valence-corrected chi connectivity index (χ2v) is 6.96. The highest BCUT2D eigenvalue weighted by Crippen LogP contribution is 2.39. The van der Waals surface area contributed by atoms with Crippen molar-refractivity contribution in [3.8, 4) is 22.8 Å². The van der Waals surface area contributed by atoms with E-state index < -0.39 is 11.7 Å². The van der Waals surface area contributed by atoms with E-state index in [4.69, 9.17) is 21.1 Å². The molecule has 0 saturated heterocycles. The van der Waals surface area contributed by atoms with Crippen LogP contribution in [0.3, 0.4) is 0 Å². The Morgan fingerprint density at radius 1 is 0.968 bits per heavy atom. The van der Waals surface area contributed by atoms with Gasteiger partial charge in [0, 0.05) is 28.7 Å². The van der Waals surface area contributed by atoms with Gasteiger partial charge in [-0.2, -0.15) is 13.2 Å². The molecule has 2 aromatic heterocycles. The van der Waals surface area contributed by atoms with Gasteiger partial charge in [0.2, 0.25) is 0 Å². The van der Waals surface area contributed by atoms with E-state index >= 15 is 0 Å². The number of fused-ring (bicyclic) bond motifs is 1. The number of methoxy groups -OCH3 is 1. The maximum atomic E-state index is 13.3. The summed E-state index contributed by atoms with van der Waals surface area (Å²) in [6.07, 6.45) is -1.45. The second kappa shape index (κ2) is 8.39. The normalized spacial score (nSPS) is 11.5. The van der Waals surface area contributed by atoms with E-state index in [-0.39, 0.29) is 17.5 Å². The summed E-state index contributed by atoms with van der Waals surface area (Å²) < 4.78 is 50.9. The van der Waals surface area contributed by atoms with Gasteiger partial charge in [0.1, 0.15) is 23.8 Å². The molecule has 0 amide bonds. The lowest BCUT2D eigenvalue weighted by Crippen LogP contribution is -2.07. The van der Waals surface area contributed by atoms with Crippen LogP contribution in [-0.2, 0) is 12.8 Å². The molecule has 0 fully saturated rings. The van der Waals surface area contributed by atoms with Crippen LogP contribution in [0.5, 0.6) is 11.5 Å². The number of rotatable bonds is 5. The number of hydrogen-bond donors (Lipinski definition) is 0. The first-order chi connectivity index (χ1) is 14.9. The average Bonchev–Trinajstić information content (AvgIpc) is 2.78. The van der Waals surface area contributed by atoms with E-state index in [2.05, 4.69) is 15.2 Å². The Morgan fingerprint density at radius 3 is 2.45 bits per heavy atom. The molecule has 158 valence electrons. The van der Waals surface area contributed by atoms with Gasteiger partial charge in [-0.1, -0.05) is 23.7 Å².